The molecule has 0 radical (unpaired) electrons. The zero-order valence-corrected chi connectivity index (χ0v) is 23.5. The number of nitrogens with zero attached hydrogens (tertiary/aromatic N) is 2. The summed E-state index contributed by atoms with van der Waals surface area (Å²) in [6.07, 6.45) is 3.80. The van der Waals surface area contributed by atoms with Crippen molar-refractivity contribution in [2.45, 2.75) is 62.9 Å². The first kappa shape index (κ1) is 30.6. The molecule has 2 aromatic carbocycles. The van der Waals surface area contributed by atoms with E-state index in [1.165, 1.54) is 0 Å². The number of carbonyl (C=O) groups is 3. The van der Waals surface area contributed by atoms with Gasteiger partial charge >= 0.3 is 0 Å². The fraction of sp³-hybridized carbons (Fsp3) is 0.419. The molecule has 3 rings (SSSR count). The minimum absolute atomic E-state index is 0.103. The second kappa shape index (κ2) is 14.4. The highest BCUT2D eigenvalue weighted by atomic mass is 16.5. The lowest BCUT2D eigenvalue weighted by Gasteiger charge is -2.42. The second-order valence-electron chi connectivity index (χ2n) is 10.2. The largest absolute Gasteiger partial charge is 0.497 e. The van der Waals surface area contributed by atoms with Gasteiger partial charge in [-0.15, -0.1) is 0 Å². The maximum atomic E-state index is 13.9. The first-order chi connectivity index (χ1) is 19.2. The van der Waals surface area contributed by atoms with Crippen LogP contribution in [-0.4, -0.2) is 61.1 Å². The molecule has 0 aliphatic carbocycles. The lowest BCUT2D eigenvalue weighted by atomic mass is 9.68. The summed E-state index contributed by atoms with van der Waals surface area (Å²) < 4.78 is 5.24. The van der Waals surface area contributed by atoms with Gasteiger partial charge in [0.05, 0.1) is 24.9 Å². The number of Topliss-reactive ketones (excluding diaryl/α,β-unsaturated/α-hetero) is 1. The third-order valence-electron chi connectivity index (χ3n) is 7.53. The van der Waals surface area contributed by atoms with Gasteiger partial charge in [-0.1, -0.05) is 56.0 Å². The first-order valence-electron chi connectivity index (χ1n) is 13.7. The molecule has 0 spiro atoms. The number of likely N-dealkylation sites (tertiary alicyclic amines) is 1. The quantitative estimate of drug-likeness (QED) is 0.260. The van der Waals surface area contributed by atoms with Crippen molar-refractivity contribution in [1.82, 2.24) is 10.2 Å². The van der Waals surface area contributed by atoms with Crippen molar-refractivity contribution in [1.29, 1.82) is 0 Å². The number of aliphatic imine (C=N–C) groups is 1. The number of nitrogens with one attached hydrogen (secondary N) is 1. The third-order valence-corrected chi connectivity index (χ3v) is 7.53. The van der Waals surface area contributed by atoms with Crippen LogP contribution in [0.2, 0.25) is 0 Å². The molecule has 0 unspecified atom stereocenters. The summed E-state index contributed by atoms with van der Waals surface area (Å²) >= 11 is 0. The molecule has 1 saturated heterocycles. The molecule has 1 heterocycles. The van der Waals surface area contributed by atoms with E-state index in [4.69, 9.17) is 16.2 Å². The number of piperidine rings is 1. The Morgan fingerprint density at radius 3 is 2.35 bits per heavy atom. The summed E-state index contributed by atoms with van der Waals surface area (Å²) in [6, 6.07) is 15.4. The van der Waals surface area contributed by atoms with Crippen LogP contribution in [-0.2, 0) is 26.2 Å². The van der Waals surface area contributed by atoms with E-state index < -0.39 is 23.4 Å². The molecule has 40 heavy (non-hydrogen) atoms. The van der Waals surface area contributed by atoms with Crippen molar-refractivity contribution in [3.63, 3.8) is 0 Å². The molecule has 1 fully saturated rings. The van der Waals surface area contributed by atoms with Crippen molar-refractivity contribution < 1.29 is 19.1 Å². The third kappa shape index (κ3) is 7.57. The van der Waals surface area contributed by atoms with Gasteiger partial charge in [0, 0.05) is 38.0 Å². The molecule has 9 heteroatoms. The Labute approximate surface area is 236 Å². The number of ether oxygens (including phenoxy) is 1. The van der Waals surface area contributed by atoms with E-state index in [1.54, 1.807) is 12.0 Å². The molecule has 5 N–H and O–H groups in total. The number of methoxy groups -OCH3 is 1. The van der Waals surface area contributed by atoms with Crippen LogP contribution in [0.15, 0.2) is 71.9 Å². The average Bonchev–Trinajstić information content (AvgIpc) is 2.97. The Balaban J connectivity index is 1.80. The number of ketones is 1. The van der Waals surface area contributed by atoms with E-state index in [0.29, 0.717) is 43.8 Å². The molecule has 1 aliphatic heterocycles. The highest BCUT2D eigenvalue weighted by Gasteiger charge is 2.43. The van der Waals surface area contributed by atoms with E-state index in [-0.39, 0.29) is 24.5 Å². The molecule has 0 aromatic heterocycles. The van der Waals surface area contributed by atoms with Crippen LogP contribution in [0, 0.1) is 0 Å². The minimum atomic E-state index is -0.943. The van der Waals surface area contributed by atoms with Crippen LogP contribution in [0.5, 0.6) is 5.75 Å². The predicted molar refractivity (Wildman–Crippen MR) is 157 cm³/mol. The van der Waals surface area contributed by atoms with Gasteiger partial charge in [0.2, 0.25) is 11.8 Å². The van der Waals surface area contributed by atoms with Crippen molar-refractivity contribution in [2.75, 3.05) is 20.2 Å². The Kier molecular flexibility index (Phi) is 11.0. The number of rotatable bonds is 13. The van der Waals surface area contributed by atoms with Gasteiger partial charge < -0.3 is 26.4 Å². The Morgan fingerprint density at radius 2 is 1.77 bits per heavy atom. The smallest absolute Gasteiger partial charge is 0.245 e. The molecule has 9 nitrogen and oxygen atoms in total. The van der Waals surface area contributed by atoms with Crippen LogP contribution in [0.3, 0.4) is 0 Å². The van der Waals surface area contributed by atoms with E-state index >= 15 is 0 Å². The summed E-state index contributed by atoms with van der Waals surface area (Å²) in [6.45, 7) is 6.57. The van der Waals surface area contributed by atoms with E-state index in [1.807, 2.05) is 61.5 Å². The van der Waals surface area contributed by atoms with Crippen LogP contribution in [0.4, 0.5) is 0 Å². The van der Waals surface area contributed by atoms with Gasteiger partial charge in [-0.05, 0) is 42.5 Å². The summed E-state index contributed by atoms with van der Waals surface area (Å²) in [7, 11) is 1.59. The fourth-order valence-corrected chi connectivity index (χ4v) is 5.26. The monoisotopic (exact) mass is 547 g/mol. The van der Waals surface area contributed by atoms with Crippen molar-refractivity contribution >= 4 is 23.9 Å². The zero-order chi connectivity index (χ0) is 29.1. The topological polar surface area (TPSA) is 140 Å². The molecule has 0 bridgehead atoms. The Hall–Kier alpha value is -3.98. The predicted octanol–water partition coefficient (Wildman–Crippen LogP) is 2.87. The fourth-order valence-electron chi connectivity index (χ4n) is 5.26. The molecular weight excluding hydrogens is 506 g/mol. The van der Waals surface area contributed by atoms with Gasteiger partial charge in [-0.2, -0.15) is 0 Å². The number of hydrogen-bond donors (Lipinski definition) is 3. The molecule has 0 saturated carbocycles. The number of hydrogen-bond acceptors (Lipinski definition) is 6. The number of carbonyl (C=O) groups excluding carboxylic acids is 3. The van der Waals surface area contributed by atoms with Gasteiger partial charge in [0.1, 0.15) is 17.6 Å². The molecule has 2 amide bonds. The van der Waals surface area contributed by atoms with Crippen LogP contribution in [0.1, 0.15) is 50.2 Å². The van der Waals surface area contributed by atoms with Crippen LogP contribution < -0.4 is 21.5 Å². The number of benzene rings is 2. The maximum absolute atomic E-state index is 13.9. The highest BCUT2D eigenvalue weighted by molar-refractivity contribution is 5.92. The standard InChI is InChI=1S/C31H41N5O4/c1-4-8-28(37)31(24-9-6-5-7-10-24)15-17-36(18-16-31)30(39)27(20-23-11-13-25(40-3)14-12-23)35-29(38)26(33)19-22(2)34-21-32/h5-7,9-14,21,26-27H,2,4,8,15-20,33H2,1,3H3,(H2,32,34)(H,35,38)/t26-,27+/m0/s1. The average molecular weight is 548 g/mol. The van der Waals surface area contributed by atoms with Crippen molar-refractivity contribution in [2.24, 2.45) is 16.5 Å². The van der Waals surface area contributed by atoms with Gasteiger partial charge in [-0.3, -0.25) is 14.4 Å². The van der Waals surface area contributed by atoms with Crippen LogP contribution >= 0.6 is 0 Å². The lowest BCUT2D eigenvalue weighted by Crippen LogP contribution is -2.56. The van der Waals surface area contributed by atoms with Crippen molar-refractivity contribution in [3.8, 4) is 5.75 Å². The summed E-state index contributed by atoms with van der Waals surface area (Å²) in [5.74, 6) is 0.221. The molecule has 1 aliphatic rings. The maximum Gasteiger partial charge on any atom is 0.245 e. The first-order valence-corrected chi connectivity index (χ1v) is 13.7. The summed E-state index contributed by atoms with van der Waals surface area (Å²) in [4.78, 5) is 45.9. The summed E-state index contributed by atoms with van der Waals surface area (Å²) in [5.41, 5.74) is 13.0. The second-order valence-corrected chi connectivity index (χ2v) is 10.2. The molecule has 2 atom stereocenters. The highest BCUT2D eigenvalue weighted by Crippen LogP contribution is 2.38. The molecule has 214 valence electrons. The lowest BCUT2D eigenvalue weighted by molar-refractivity contribution is -0.139. The minimum Gasteiger partial charge on any atom is -0.497 e. The molecule has 2 aromatic rings. The number of nitrogens with two attached hydrogens (primary N) is 2. The van der Waals surface area contributed by atoms with Crippen molar-refractivity contribution in [3.05, 3.63) is 78.0 Å². The molecular formula is C31H41N5O4. The van der Waals surface area contributed by atoms with E-state index in [0.717, 1.165) is 23.9 Å². The number of amides is 2. The van der Waals surface area contributed by atoms with Gasteiger partial charge in [0.25, 0.3) is 0 Å². The SMILES string of the molecule is C=C(C[C@H](N)C(=O)N[C@H](Cc1ccc(OC)cc1)C(=O)N1CCC(C(=O)CCC)(c2ccccc2)CC1)N=CN. The van der Waals surface area contributed by atoms with Gasteiger partial charge in [-0.25, -0.2) is 4.99 Å². The zero-order valence-electron chi connectivity index (χ0n) is 23.5. The Bertz CT molecular complexity index is 1190. The van der Waals surface area contributed by atoms with Gasteiger partial charge in [0.15, 0.2) is 0 Å². The van der Waals surface area contributed by atoms with Crippen LogP contribution in [0.25, 0.3) is 0 Å². The van der Waals surface area contributed by atoms with E-state index in [9.17, 15) is 14.4 Å². The normalized spacial score (nSPS) is 16.2. The summed E-state index contributed by atoms with van der Waals surface area (Å²) in [5, 5.41) is 2.86. The van der Waals surface area contributed by atoms with E-state index in [2.05, 4.69) is 16.9 Å². The Morgan fingerprint density at radius 1 is 1.12 bits per heavy atom.